The number of hydrogen-bond donors (Lipinski definition) is 1. The first kappa shape index (κ1) is 16.1. The molecule has 3 rings (SSSR count). The summed E-state index contributed by atoms with van der Waals surface area (Å²) >= 11 is 0. The highest BCUT2D eigenvalue weighted by Crippen LogP contribution is 2.28. The van der Waals surface area contributed by atoms with Gasteiger partial charge in [0.05, 0.1) is 5.52 Å². The number of aromatic nitrogens is 1. The average Bonchev–Trinajstić information content (AvgIpc) is 3.00. The molecule has 124 valence electrons. The molecule has 0 aliphatic carbocycles. The smallest absolute Gasteiger partial charge is 0.137 e. The van der Waals surface area contributed by atoms with E-state index in [0.29, 0.717) is 6.54 Å². The first-order valence-electron chi connectivity index (χ1n) is 8.00. The van der Waals surface area contributed by atoms with Gasteiger partial charge in [0.25, 0.3) is 0 Å². The lowest BCUT2D eigenvalue weighted by molar-refractivity contribution is -0.271. The number of rotatable bonds is 3. The van der Waals surface area contributed by atoms with Gasteiger partial charge in [0.15, 0.2) is 0 Å². The maximum Gasteiger partial charge on any atom is 0.137 e. The van der Waals surface area contributed by atoms with E-state index in [1.54, 1.807) is 0 Å². The predicted octanol–water partition coefficient (Wildman–Crippen LogP) is 3.78. The van der Waals surface area contributed by atoms with Crippen molar-refractivity contribution < 1.29 is 9.90 Å². The molecule has 4 heteroatoms. The van der Waals surface area contributed by atoms with Crippen LogP contribution < -0.4 is 5.11 Å². The van der Waals surface area contributed by atoms with E-state index in [-0.39, 0.29) is 0 Å². The van der Waals surface area contributed by atoms with Gasteiger partial charge in [0.2, 0.25) is 0 Å². The van der Waals surface area contributed by atoms with Crippen molar-refractivity contribution in [3.63, 3.8) is 0 Å². The SMILES string of the molecule is CC(C)(C)N(Cc1cccc(-c2cccc3cc[nH]c23)c1)C(=O)[O-]. The zero-order valence-corrected chi connectivity index (χ0v) is 14.2. The Morgan fingerprint density at radius 1 is 1.12 bits per heavy atom. The van der Waals surface area contributed by atoms with Crippen molar-refractivity contribution in [2.24, 2.45) is 0 Å². The van der Waals surface area contributed by atoms with Gasteiger partial charge < -0.3 is 19.8 Å². The number of carbonyl (C=O) groups excluding carboxylic acids is 1. The number of benzene rings is 2. The van der Waals surface area contributed by atoms with Crippen molar-refractivity contribution in [1.82, 2.24) is 9.88 Å². The molecule has 24 heavy (non-hydrogen) atoms. The Bertz CT molecular complexity index is 874. The predicted molar refractivity (Wildman–Crippen MR) is 94.4 cm³/mol. The number of H-pyrrole nitrogens is 1. The van der Waals surface area contributed by atoms with Crippen LogP contribution in [-0.4, -0.2) is 21.5 Å². The van der Waals surface area contributed by atoms with Crippen LogP contribution >= 0.6 is 0 Å². The minimum atomic E-state index is -1.15. The number of amides is 1. The highest BCUT2D eigenvalue weighted by Gasteiger charge is 2.21. The van der Waals surface area contributed by atoms with E-state index in [9.17, 15) is 9.90 Å². The monoisotopic (exact) mass is 321 g/mol. The Hall–Kier alpha value is -2.75. The fraction of sp³-hybridized carbons (Fsp3) is 0.250. The van der Waals surface area contributed by atoms with Gasteiger partial charge in [-0.2, -0.15) is 0 Å². The van der Waals surface area contributed by atoms with Crippen LogP contribution in [0.3, 0.4) is 0 Å². The highest BCUT2D eigenvalue weighted by atomic mass is 16.4. The molecule has 0 saturated carbocycles. The third-order valence-corrected chi connectivity index (χ3v) is 4.20. The Labute approximate surface area is 141 Å². The van der Waals surface area contributed by atoms with E-state index in [0.717, 1.165) is 27.6 Å². The maximum absolute atomic E-state index is 11.5. The van der Waals surface area contributed by atoms with Crippen molar-refractivity contribution >= 4 is 17.0 Å². The molecule has 3 aromatic rings. The zero-order valence-electron chi connectivity index (χ0n) is 14.2. The van der Waals surface area contributed by atoms with Gasteiger partial charge in [-0.25, -0.2) is 0 Å². The number of para-hydroxylation sites is 1. The summed E-state index contributed by atoms with van der Waals surface area (Å²) in [5, 5.41) is 12.6. The van der Waals surface area contributed by atoms with E-state index < -0.39 is 11.6 Å². The molecular formula is C20H21N2O2-. The molecule has 1 N–H and O–H groups in total. The van der Waals surface area contributed by atoms with Crippen LogP contribution in [0.5, 0.6) is 0 Å². The van der Waals surface area contributed by atoms with Crippen LogP contribution in [0.25, 0.3) is 22.0 Å². The summed E-state index contributed by atoms with van der Waals surface area (Å²) < 4.78 is 0. The lowest BCUT2D eigenvalue weighted by atomic mass is 10.00. The Kier molecular flexibility index (Phi) is 4.06. The van der Waals surface area contributed by atoms with Crippen molar-refractivity contribution in [2.75, 3.05) is 0 Å². The van der Waals surface area contributed by atoms with Crippen LogP contribution in [-0.2, 0) is 6.54 Å². The van der Waals surface area contributed by atoms with Gasteiger partial charge in [-0.1, -0.05) is 36.4 Å². The second-order valence-electron chi connectivity index (χ2n) is 6.97. The summed E-state index contributed by atoms with van der Waals surface area (Å²) in [5.41, 5.74) is 3.69. The molecule has 0 saturated heterocycles. The Morgan fingerprint density at radius 3 is 2.58 bits per heavy atom. The Balaban J connectivity index is 1.98. The van der Waals surface area contributed by atoms with Crippen LogP contribution in [0.15, 0.2) is 54.7 Å². The van der Waals surface area contributed by atoms with E-state index in [1.807, 2.05) is 63.4 Å². The van der Waals surface area contributed by atoms with Crippen LogP contribution in [0, 0.1) is 0 Å². The van der Waals surface area contributed by atoms with Crippen LogP contribution in [0.1, 0.15) is 26.3 Å². The van der Waals surface area contributed by atoms with Crippen LogP contribution in [0.4, 0.5) is 4.79 Å². The molecule has 0 aliphatic heterocycles. The first-order valence-corrected chi connectivity index (χ1v) is 8.00. The minimum Gasteiger partial charge on any atom is -0.530 e. The van der Waals surface area contributed by atoms with Crippen molar-refractivity contribution in [2.45, 2.75) is 32.9 Å². The van der Waals surface area contributed by atoms with E-state index in [1.165, 1.54) is 4.90 Å². The first-order chi connectivity index (χ1) is 11.4. The van der Waals surface area contributed by atoms with Crippen molar-refractivity contribution in [1.29, 1.82) is 0 Å². The quantitative estimate of drug-likeness (QED) is 0.798. The molecular weight excluding hydrogens is 300 g/mol. The van der Waals surface area contributed by atoms with E-state index in [2.05, 4.69) is 17.1 Å². The normalized spacial score (nSPS) is 11.6. The van der Waals surface area contributed by atoms with Gasteiger partial charge in [0, 0.05) is 23.8 Å². The summed E-state index contributed by atoms with van der Waals surface area (Å²) in [6.45, 7) is 5.91. The van der Waals surface area contributed by atoms with Gasteiger partial charge >= 0.3 is 0 Å². The number of carbonyl (C=O) groups is 1. The molecule has 0 atom stereocenters. The molecule has 0 fully saturated rings. The highest BCUT2D eigenvalue weighted by molar-refractivity contribution is 5.94. The molecule has 0 unspecified atom stereocenters. The van der Waals surface area contributed by atoms with Gasteiger partial charge in [0.1, 0.15) is 6.09 Å². The zero-order chi connectivity index (χ0) is 17.3. The molecule has 0 aliphatic rings. The number of fused-ring (bicyclic) bond motifs is 1. The largest absolute Gasteiger partial charge is 0.530 e. The molecule has 1 heterocycles. The summed E-state index contributed by atoms with van der Waals surface area (Å²) in [5.74, 6) is 0. The number of hydrogen-bond acceptors (Lipinski definition) is 2. The number of nitrogens with zero attached hydrogens (tertiary/aromatic N) is 1. The van der Waals surface area contributed by atoms with E-state index in [4.69, 9.17) is 0 Å². The lowest BCUT2D eigenvalue weighted by Crippen LogP contribution is -2.50. The average molecular weight is 321 g/mol. The fourth-order valence-electron chi connectivity index (χ4n) is 2.92. The van der Waals surface area contributed by atoms with Gasteiger partial charge in [-0.15, -0.1) is 0 Å². The Morgan fingerprint density at radius 2 is 1.88 bits per heavy atom. The van der Waals surface area contributed by atoms with Crippen molar-refractivity contribution in [3.05, 3.63) is 60.3 Å². The number of aromatic amines is 1. The second-order valence-corrected chi connectivity index (χ2v) is 6.97. The second kappa shape index (κ2) is 6.04. The third kappa shape index (κ3) is 3.13. The van der Waals surface area contributed by atoms with Crippen molar-refractivity contribution in [3.8, 4) is 11.1 Å². The van der Waals surface area contributed by atoms with Gasteiger partial charge in [-0.3, -0.25) is 0 Å². The number of nitrogens with one attached hydrogen (secondary N) is 1. The molecule has 2 aromatic carbocycles. The summed E-state index contributed by atoms with van der Waals surface area (Å²) in [6.07, 6.45) is 0.773. The minimum absolute atomic E-state index is 0.306. The molecule has 4 nitrogen and oxygen atoms in total. The lowest BCUT2D eigenvalue weighted by Gasteiger charge is -2.38. The molecule has 0 spiro atoms. The summed E-state index contributed by atoms with van der Waals surface area (Å²) in [7, 11) is 0. The maximum atomic E-state index is 11.5. The molecule has 1 amide bonds. The number of carboxylic acid groups (broad SMARTS) is 1. The fourth-order valence-corrected chi connectivity index (χ4v) is 2.92. The topological polar surface area (TPSA) is 59.2 Å². The summed E-state index contributed by atoms with van der Waals surface area (Å²) in [6, 6.07) is 16.2. The van der Waals surface area contributed by atoms with Gasteiger partial charge in [-0.05, 0) is 49.4 Å². The molecule has 1 aromatic heterocycles. The summed E-state index contributed by atoms with van der Waals surface area (Å²) in [4.78, 5) is 16.1. The van der Waals surface area contributed by atoms with E-state index >= 15 is 0 Å². The molecule has 0 bridgehead atoms. The van der Waals surface area contributed by atoms with Crippen LogP contribution in [0.2, 0.25) is 0 Å². The third-order valence-electron chi connectivity index (χ3n) is 4.20. The molecule has 0 radical (unpaired) electrons. The standard InChI is InChI=1S/C20H22N2O2/c1-20(2,3)22(19(23)24)13-14-6-4-8-16(12-14)17-9-5-7-15-10-11-21-18(15)17/h4-12,21H,13H2,1-3H3,(H,23,24)/p-1.